The van der Waals surface area contributed by atoms with Crippen LogP contribution in [0.15, 0.2) is 17.0 Å². The van der Waals surface area contributed by atoms with E-state index < -0.39 is 10.0 Å². The number of nitrogens with zero attached hydrogens (tertiary/aromatic N) is 2. The first kappa shape index (κ1) is 21.9. The Balaban J connectivity index is 1.96. The average molecular weight is 396 g/mol. The molecule has 1 saturated heterocycles. The van der Waals surface area contributed by atoms with Gasteiger partial charge in [-0.15, -0.1) is 0 Å². The number of rotatable bonds is 7. The minimum Gasteiger partial charge on any atom is -0.356 e. The van der Waals surface area contributed by atoms with Crippen molar-refractivity contribution in [3.05, 3.63) is 28.8 Å². The Morgan fingerprint density at radius 1 is 1.15 bits per heavy atom. The van der Waals surface area contributed by atoms with Gasteiger partial charge in [0.1, 0.15) is 0 Å². The smallest absolute Gasteiger partial charge is 0.243 e. The minimum atomic E-state index is -3.52. The second kappa shape index (κ2) is 9.17. The summed E-state index contributed by atoms with van der Waals surface area (Å²) in [6, 6.07) is 3.82. The van der Waals surface area contributed by atoms with E-state index in [0.29, 0.717) is 37.4 Å². The van der Waals surface area contributed by atoms with Crippen molar-refractivity contribution in [3.8, 4) is 0 Å². The first-order valence-electron chi connectivity index (χ1n) is 9.63. The predicted octanol–water partition coefficient (Wildman–Crippen LogP) is 2.08. The molecule has 0 aliphatic carbocycles. The van der Waals surface area contributed by atoms with E-state index in [1.165, 1.54) is 4.31 Å². The molecule has 1 aromatic carbocycles. The van der Waals surface area contributed by atoms with E-state index in [0.717, 1.165) is 29.7 Å². The first-order chi connectivity index (χ1) is 12.6. The Bertz CT molecular complexity index is 744. The highest BCUT2D eigenvalue weighted by Crippen LogP contribution is 2.28. The molecule has 1 fully saturated rings. The van der Waals surface area contributed by atoms with Gasteiger partial charge in [-0.25, -0.2) is 8.42 Å². The van der Waals surface area contributed by atoms with Crippen molar-refractivity contribution >= 4 is 15.9 Å². The maximum atomic E-state index is 13.1. The molecule has 0 aromatic heterocycles. The van der Waals surface area contributed by atoms with Crippen LogP contribution in [0.1, 0.15) is 36.0 Å². The molecule has 2 rings (SSSR count). The van der Waals surface area contributed by atoms with Crippen LogP contribution < -0.4 is 5.32 Å². The lowest BCUT2D eigenvalue weighted by Crippen LogP contribution is -2.43. The maximum absolute atomic E-state index is 13.1. The number of nitrogens with one attached hydrogen (secondary N) is 1. The lowest BCUT2D eigenvalue weighted by atomic mass is 9.97. The van der Waals surface area contributed by atoms with E-state index in [9.17, 15) is 13.2 Å². The summed E-state index contributed by atoms with van der Waals surface area (Å²) in [6.07, 6.45) is 2.06. The highest BCUT2D eigenvalue weighted by Gasteiger charge is 2.33. The van der Waals surface area contributed by atoms with E-state index in [4.69, 9.17) is 0 Å². The molecule has 1 heterocycles. The molecule has 1 N–H and O–H groups in total. The lowest BCUT2D eigenvalue weighted by Gasteiger charge is -2.31. The monoisotopic (exact) mass is 395 g/mol. The molecule has 0 spiro atoms. The van der Waals surface area contributed by atoms with Gasteiger partial charge in [-0.3, -0.25) is 4.79 Å². The van der Waals surface area contributed by atoms with Gasteiger partial charge in [0, 0.05) is 25.6 Å². The highest BCUT2D eigenvalue weighted by atomic mass is 32.2. The number of carbonyl (C=O) groups excluding carboxylic acids is 1. The van der Waals surface area contributed by atoms with Crippen LogP contribution in [0.5, 0.6) is 0 Å². The summed E-state index contributed by atoms with van der Waals surface area (Å²) in [4.78, 5) is 14.8. The van der Waals surface area contributed by atoms with Crippen molar-refractivity contribution in [3.63, 3.8) is 0 Å². The molecule has 6 nitrogen and oxygen atoms in total. The van der Waals surface area contributed by atoms with Crippen molar-refractivity contribution in [2.24, 2.45) is 5.92 Å². The van der Waals surface area contributed by atoms with Gasteiger partial charge >= 0.3 is 0 Å². The second-order valence-corrected chi connectivity index (χ2v) is 9.73. The van der Waals surface area contributed by atoms with Gasteiger partial charge in [-0.05, 0) is 71.8 Å². The number of benzene rings is 1. The number of hydrogen-bond donors (Lipinski definition) is 1. The Morgan fingerprint density at radius 2 is 1.70 bits per heavy atom. The topological polar surface area (TPSA) is 69.7 Å². The van der Waals surface area contributed by atoms with Gasteiger partial charge in [-0.2, -0.15) is 4.31 Å². The molecule has 0 bridgehead atoms. The Morgan fingerprint density at radius 3 is 2.22 bits per heavy atom. The third-order valence-electron chi connectivity index (χ3n) is 5.11. The summed E-state index contributed by atoms with van der Waals surface area (Å²) in [6.45, 7) is 8.06. The van der Waals surface area contributed by atoms with Crippen molar-refractivity contribution < 1.29 is 13.2 Å². The summed E-state index contributed by atoms with van der Waals surface area (Å²) in [5, 5.41) is 2.98. The molecular weight excluding hydrogens is 362 g/mol. The fourth-order valence-corrected chi connectivity index (χ4v) is 5.69. The van der Waals surface area contributed by atoms with Crippen LogP contribution in [0.4, 0.5) is 0 Å². The highest BCUT2D eigenvalue weighted by molar-refractivity contribution is 7.89. The van der Waals surface area contributed by atoms with E-state index >= 15 is 0 Å². The van der Waals surface area contributed by atoms with E-state index in [1.54, 1.807) is 0 Å². The van der Waals surface area contributed by atoms with Crippen LogP contribution in [0, 0.1) is 26.7 Å². The molecule has 27 heavy (non-hydrogen) atoms. The Hall–Kier alpha value is -1.44. The average Bonchev–Trinajstić information content (AvgIpc) is 2.57. The van der Waals surface area contributed by atoms with Crippen LogP contribution in [0.25, 0.3) is 0 Å². The molecular formula is C20H33N3O3S. The van der Waals surface area contributed by atoms with Crippen LogP contribution in [-0.2, 0) is 14.8 Å². The largest absolute Gasteiger partial charge is 0.356 e. The molecule has 1 amide bonds. The molecule has 0 atom stereocenters. The fraction of sp³-hybridized carbons (Fsp3) is 0.650. The molecule has 0 saturated carbocycles. The molecule has 0 radical (unpaired) electrons. The number of hydrogen-bond acceptors (Lipinski definition) is 4. The minimum absolute atomic E-state index is 0.0495. The van der Waals surface area contributed by atoms with Crippen LogP contribution >= 0.6 is 0 Å². The van der Waals surface area contributed by atoms with Crippen molar-refractivity contribution in [2.75, 3.05) is 40.3 Å². The summed E-state index contributed by atoms with van der Waals surface area (Å²) in [5.74, 6) is -0.0514. The van der Waals surface area contributed by atoms with Crippen molar-refractivity contribution in [1.29, 1.82) is 0 Å². The SMILES string of the molecule is Cc1cc(C)c(S(=O)(=O)N2CCC(C(=O)NCCCN(C)C)CC2)c(C)c1. The zero-order chi connectivity index (χ0) is 20.2. The molecule has 7 heteroatoms. The van der Waals surface area contributed by atoms with Crippen molar-refractivity contribution in [1.82, 2.24) is 14.5 Å². The number of sulfonamides is 1. The number of amides is 1. The van der Waals surface area contributed by atoms with Gasteiger partial charge in [0.15, 0.2) is 0 Å². The van der Waals surface area contributed by atoms with Gasteiger partial charge in [-0.1, -0.05) is 17.7 Å². The number of aryl methyl sites for hydroxylation is 3. The molecule has 152 valence electrons. The normalized spacial score (nSPS) is 16.7. The standard InChI is InChI=1S/C20H33N3O3S/c1-15-13-16(2)19(17(3)14-15)27(25,26)23-11-7-18(8-12-23)20(24)21-9-6-10-22(4)5/h13-14,18H,6-12H2,1-5H3,(H,21,24). The van der Waals surface area contributed by atoms with E-state index in [1.807, 2.05) is 47.0 Å². The molecule has 1 aromatic rings. The number of carbonyl (C=O) groups is 1. The van der Waals surface area contributed by atoms with Gasteiger partial charge in [0.2, 0.25) is 15.9 Å². The number of piperidine rings is 1. The quantitative estimate of drug-likeness (QED) is 0.718. The van der Waals surface area contributed by atoms with Crippen molar-refractivity contribution in [2.45, 2.75) is 44.9 Å². The van der Waals surface area contributed by atoms with Gasteiger partial charge in [0.25, 0.3) is 0 Å². The molecule has 1 aliphatic heterocycles. The van der Waals surface area contributed by atoms with Crippen LogP contribution in [-0.4, -0.2) is 63.8 Å². The summed E-state index contributed by atoms with van der Waals surface area (Å²) in [5.41, 5.74) is 2.63. The van der Waals surface area contributed by atoms with Gasteiger partial charge < -0.3 is 10.2 Å². The molecule has 0 unspecified atom stereocenters. The zero-order valence-electron chi connectivity index (χ0n) is 17.2. The van der Waals surface area contributed by atoms with Crippen LogP contribution in [0.3, 0.4) is 0 Å². The Kier molecular flexibility index (Phi) is 7.42. The summed E-state index contributed by atoms with van der Waals surface area (Å²) < 4.78 is 27.8. The van der Waals surface area contributed by atoms with Crippen LogP contribution in [0.2, 0.25) is 0 Å². The predicted molar refractivity (Wildman–Crippen MR) is 108 cm³/mol. The fourth-order valence-electron chi connectivity index (χ4n) is 3.81. The Labute approximate surface area is 164 Å². The van der Waals surface area contributed by atoms with E-state index in [-0.39, 0.29) is 11.8 Å². The molecule has 1 aliphatic rings. The summed E-state index contributed by atoms with van der Waals surface area (Å²) >= 11 is 0. The third kappa shape index (κ3) is 5.53. The zero-order valence-corrected chi connectivity index (χ0v) is 18.0. The van der Waals surface area contributed by atoms with Gasteiger partial charge in [0.05, 0.1) is 4.90 Å². The second-order valence-electron chi connectivity index (χ2n) is 7.85. The maximum Gasteiger partial charge on any atom is 0.243 e. The first-order valence-corrected chi connectivity index (χ1v) is 11.1. The summed E-state index contributed by atoms with van der Waals surface area (Å²) in [7, 11) is 0.495. The third-order valence-corrected chi connectivity index (χ3v) is 7.31. The van der Waals surface area contributed by atoms with E-state index in [2.05, 4.69) is 10.2 Å². The lowest BCUT2D eigenvalue weighted by molar-refractivity contribution is -0.126.